The minimum Gasteiger partial charge on any atom is -0.369 e. The summed E-state index contributed by atoms with van der Waals surface area (Å²) in [5.74, 6) is -2.41. The molecule has 1 aliphatic heterocycles. The molecule has 0 spiro atoms. The number of hydrogen-bond acceptors (Lipinski definition) is 6. The summed E-state index contributed by atoms with van der Waals surface area (Å²) in [7, 11) is 1.25. The normalized spacial score (nSPS) is 20.5. The maximum atomic E-state index is 15.7. The minimum atomic E-state index is -4.75. The van der Waals surface area contributed by atoms with E-state index in [9.17, 15) is 18.0 Å². The second kappa shape index (κ2) is 7.82. The molecule has 2 N–H and O–H groups in total. The molecule has 1 unspecified atom stereocenters. The summed E-state index contributed by atoms with van der Waals surface area (Å²) >= 11 is 1.20. The molecule has 0 radical (unpaired) electrons. The van der Waals surface area contributed by atoms with Crippen LogP contribution in [-0.4, -0.2) is 33.8 Å². The van der Waals surface area contributed by atoms with Gasteiger partial charge in [-0.05, 0) is 17.7 Å². The Kier molecular flexibility index (Phi) is 5.57. The van der Waals surface area contributed by atoms with Crippen molar-refractivity contribution in [3.05, 3.63) is 76.8 Å². The highest BCUT2D eigenvalue weighted by atomic mass is 32.1. The van der Waals surface area contributed by atoms with Gasteiger partial charge in [0.05, 0.1) is 16.0 Å². The molecule has 1 aliphatic rings. The van der Waals surface area contributed by atoms with Crippen molar-refractivity contribution in [2.24, 2.45) is 10.7 Å². The van der Waals surface area contributed by atoms with Crippen molar-refractivity contribution in [2.75, 3.05) is 7.05 Å². The number of carbonyl (C=O) groups excluding carboxylic acids is 1. The van der Waals surface area contributed by atoms with E-state index in [2.05, 4.69) is 21.5 Å². The second-order valence-electron chi connectivity index (χ2n) is 6.22. The van der Waals surface area contributed by atoms with Crippen LogP contribution in [0.1, 0.15) is 16.0 Å². The molecule has 0 bridgehead atoms. The first-order valence-corrected chi connectivity index (χ1v) is 9.24. The lowest BCUT2D eigenvalue weighted by Crippen LogP contribution is -2.41. The van der Waals surface area contributed by atoms with Gasteiger partial charge in [0, 0.05) is 31.2 Å². The summed E-state index contributed by atoms with van der Waals surface area (Å²) in [5.41, 5.74) is 3.56. The van der Waals surface area contributed by atoms with Crippen molar-refractivity contribution in [2.45, 2.75) is 11.7 Å². The predicted octanol–water partition coefficient (Wildman–Crippen LogP) is 3.66. The summed E-state index contributed by atoms with van der Waals surface area (Å²) in [6.45, 7) is 3.57. The Labute approximate surface area is 172 Å². The molecule has 0 saturated heterocycles. The number of hydrogen-bond donors (Lipinski definition) is 1. The van der Waals surface area contributed by atoms with Gasteiger partial charge in [-0.2, -0.15) is 13.2 Å². The fourth-order valence-corrected chi connectivity index (χ4v) is 3.46. The van der Waals surface area contributed by atoms with Gasteiger partial charge in [0.2, 0.25) is 5.54 Å². The molecule has 3 heterocycles. The third kappa shape index (κ3) is 3.63. The van der Waals surface area contributed by atoms with Gasteiger partial charge in [0.25, 0.3) is 5.91 Å². The summed E-state index contributed by atoms with van der Waals surface area (Å²) in [6.07, 6.45) is 2.14. The molecule has 30 heavy (non-hydrogen) atoms. The Hall–Kier alpha value is -3.34. The molecule has 0 aliphatic carbocycles. The number of rotatable bonds is 5. The van der Waals surface area contributed by atoms with Crippen LogP contribution in [-0.2, 0) is 16.5 Å². The second-order valence-corrected chi connectivity index (χ2v) is 7.11. The fraction of sp³-hybridized carbons (Fsp3) is 0.158. The van der Waals surface area contributed by atoms with Gasteiger partial charge in [-0.1, -0.05) is 18.7 Å². The van der Waals surface area contributed by atoms with Crippen molar-refractivity contribution in [1.82, 2.24) is 14.9 Å². The number of thiazole rings is 1. The highest BCUT2D eigenvalue weighted by Crippen LogP contribution is 2.42. The van der Waals surface area contributed by atoms with E-state index in [-0.39, 0.29) is 5.96 Å². The van der Waals surface area contributed by atoms with Gasteiger partial charge in [0.1, 0.15) is 5.83 Å². The molecule has 6 nitrogen and oxygen atoms in total. The van der Waals surface area contributed by atoms with Crippen LogP contribution in [0.4, 0.5) is 17.6 Å². The number of likely N-dealkylation sites (N-methyl/N-ethyl adjacent to an activating group) is 1. The van der Waals surface area contributed by atoms with Crippen LogP contribution in [0.2, 0.25) is 0 Å². The lowest BCUT2D eigenvalue weighted by Gasteiger charge is -2.24. The van der Waals surface area contributed by atoms with Crippen molar-refractivity contribution >= 4 is 28.8 Å². The summed E-state index contributed by atoms with van der Waals surface area (Å²) in [6, 6.07) is 0.637. The van der Waals surface area contributed by atoms with Gasteiger partial charge in [-0.15, -0.1) is 11.3 Å². The molecule has 0 fully saturated rings. The van der Waals surface area contributed by atoms with Crippen molar-refractivity contribution in [1.29, 1.82) is 0 Å². The number of aliphatic imine (C=N–C) groups is 1. The van der Waals surface area contributed by atoms with E-state index in [1.54, 1.807) is 0 Å². The summed E-state index contributed by atoms with van der Waals surface area (Å²) < 4.78 is 55.3. The number of pyridine rings is 1. The van der Waals surface area contributed by atoms with Gasteiger partial charge in [0.15, 0.2) is 5.96 Å². The first kappa shape index (κ1) is 21.4. The smallest absolute Gasteiger partial charge is 0.369 e. The van der Waals surface area contributed by atoms with E-state index in [4.69, 9.17) is 5.73 Å². The van der Waals surface area contributed by atoms with Crippen molar-refractivity contribution in [3.63, 3.8) is 0 Å². The maximum Gasteiger partial charge on any atom is 0.417 e. The van der Waals surface area contributed by atoms with E-state index in [0.717, 1.165) is 17.2 Å². The molecule has 1 atom stereocenters. The predicted molar refractivity (Wildman–Crippen MR) is 105 cm³/mol. The Morgan fingerprint density at radius 1 is 1.30 bits per heavy atom. The average Bonchev–Trinajstić information content (AvgIpc) is 3.31. The highest BCUT2D eigenvalue weighted by molar-refractivity contribution is 7.10. The van der Waals surface area contributed by atoms with E-state index in [1.807, 2.05) is 0 Å². The van der Waals surface area contributed by atoms with E-state index >= 15 is 4.39 Å². The number of carbonyl (C=O) groups is 1. The zero-order valence-corrected chi connectivity index (χ0v) is 16.3. The number of halogens is 4. The number of guanidine groups is 1. The largest absolute Gasteiger partial charge is 0.417 e. The number of allylic oxidation sites excluding steroid dienone is 4. The topological polar surface area (TPSA) is 84.5 Å². The van der Waals surface area contributed by atoms with Crippen molar-refractivity contribution < 1.29 is 22.4 Å². The molecule has 3 rings (SSSR count). The third-order valence-corrected chi connectivity index (χ3v) is 5.19. The van der Waals surface area contributed by atoms with Crippen LogP contribution in [0, 0.1) is 0 Å². The van der Waals surface area contributed by atoms with Crippen LogP contribution < -0.4 is 5.73 Å². The standard InChI is InChI=1S/C19H15F4N5OS/c1-3-4-11(14-9-26-10-30-14)5-15(20)18(16(29)28(2)17(24)27-18)12-6-13(8-25-7-12)19(21,22)23/h3-10H,1H2,2H3,(H2,24,27)/b11-4+,15-5-. The van der Waals surface area contributed by atoms with Gasteiger partial charge in [-0.25, -0.2) is 9.38 Å². The van der Waals surface area contributed by atoms with Crippen LogP contribution >= 0.6 is 11.3 Å². The third-order valence-electron chi connectivity index (χ3n) is 4.37. The molecule has 156 valence electrons. The lowest BCUT2D eigenvalue weighted by atomic mass is 9.87. The quantitative estimate of drug-likeness (QED) is 0.572. The monoisotopic (exact) mass is 437 g/mol. The molecule has 0 aromatic carbocycles. The van der Waals surface area contributed by atoms with E-state index in [0.29, 0.717) is 22.7 Å². The first-order valence-electron chi connectivity index (χ1n) is 8.36. The van der Waals surface area contributed by atoms with Gasteiger partial charge in [-0.3, -0.25) is 19.7 Å². The molecular formula is C19H15F4N5OS. The highest BCUT2D eigenvalue weighted by Gasteiger charge is 2.53. The maximum absolute atomic E-state index is 15.7. The zero-order valence-electron chi connectivity index (χ0n) is 15.5. The minimum absolute atomic E-state index is 0.306. The zero-order chi connectivity index (χ0) is 22.1. The molecular weight excluding hydrogens is 422 g/mol. The Morgan fingerprint density at radius 3 is 2.57 bits per heavy atom. The Bertz CT molecular complexity index is 1070. The Balaban J connectivity index is 2.24. The Morgan fingerprint density at radius 2 is 2.03 bits per heavy atom. The fourth-order valence-electron chi connectivity index (χ4n) is 2.84. The average molecular weight is 437 g/mol. The van der Waals surface area contributed by atoms with Crippen LogP contribution in [0.3, 0.4) is 0 Å². The molecule has 1 amide bonds. The molecule has 0 saturated carbocycles. The van der Waals surface area contributed by atoms with Crippen LogP contribution in [0.5, 0.6) is 0 Å². The number of nitrogens with two attached hydrogens (primary N) is 1. The molecule has 2 aromatic heterocycles. The van der Waals surface area contributed by atoms with Crippen LogP contribution in [0.15, 0.2) is 65.8 Å². The number of nitrogens with zero attached hydrogens (tertiary/aromatic N) is 4. The molecule has 11 heteroatoms. The van der Waals surface area contributed by atoms with Crippen molar-refractivity contribution in [3.8, 4) is 0 Å². The summed E-state index contributed by atoms with van der Waals surface area (Å²) in [4.78, 5) is 25.8. The molecule has 2 aromatic rings. The first-order chi connectivity index (χ1) is 14.1. The lowest BCUT2D eigenvalue weighted by molar-refractivity contribution is -0.138. The van der Waals surface area contributed by atoms with Gasteiger partial charge < -0.3 is 5.73 Å². The van der Waals surface area contributed by atoms with E-state index in [1.165, 1.54) is 42.2 Å². The number of aromatic nitrogens is 2. The summed E-state index contributed by atoms with van der Waals surface area (Å²) in [5, 5.41) is 0. The number of alkyl halides is 3. The SMILES string of the molecule is C=C/C=C(\C=C(/F)C1(c2cncc(C(F)(F)F)c2)N=C(N)N(C)C1=O)c1cncs1. The van der Waals surface area contributed by atoms with Crippen LogP contribution in [0.25, 0.3) is 5.57 Å². The number of amides is 1. The van der Waals surface area contributed by atoms with Gasteiger partial charge >= 0.3 is 6.18 Å². The van der Waals surface area contributed by atoms with E-state index < -0.39 is 34.6 Å².